The second-order valence-electron chi connectivity index (χ2n) is 3.44. The lowest BCUT2D eigenvalue weighted by Gasteiger charge is -2.13. The van der Waals surface area contributed by atoms with Crippen LogP contribution in [0.2, 0.25) is 0 Å². The first kappa shape index (κ1) is 11.7. The minimum Gasteiger partial charge on any atom is -0.478 e. The van der Waals surface area contributed by atoms with E-state index in [1.165, 1.54) is 6.07 Å². The molecule has 1 atom stereocenters. The van der Waals surface area contributed by atoms with Crippen LogP contribution in [0.3, 0.4) is 0 Å². The number of aromatic carboxylic acids is 1. The van der Waals surface area contributed by atoms with E-state index in [4.69, 9.17) is 10.8 Å². The normalized spacial score (nSPS) is 12.5. The highest BCUT2D eigenvalue weighted by Gasteiger charge is 2.17. The molecule has 82 valence electrons. The minimum atomic E-state index is -1.25. The number of benzene rings is 1. The monoisotopic (exact) mass is 211 g/mol. The van der Waals surface area contributed by atoms with Crippen LogP contribution in [0, 0.1) is 5.82 Å². The van der Waals surface area contributed by atoms with E-state index < -0.39 is 11.8 Å². The Labute approximate surface area is 87.7 Å². The summed E-state index contributed by atoms with van der Waals surface area (Å²) >= 11 is 0. The van der Waals surface area contributed by atoms with Gasteiger partial charge in [0.25, 0.3) is 0 Å². The molecule has 1 aromatic carbocycles. The first-order valence-corrected chi connectivity index (χ1v) is 4.79. The van der Waals surface area contributed by atoms with E-state index in [0.29, 0.717) is 17.5 Å². The van der Waals surface area contributed by atoms with E-state index in [-0.39, 0.29) is 11.6 Å². The van der Waals surface area contributed by atoms with Gasteiger partial charge in [-0.3, -0.25) is 0 Å². The van der Waals surface area contributed by atoms with Crippen LogP contribution in [0.25, 0.3) is 0 Å². The molecule has 3 N–H and O–H groups in total. The molecular formula is C11H14FNO2. The van der Waals surface area contributed by atoms with Gasteiger partial charge in [0.1, 0.15) is 5.82 Å². The van der Waals surface area contributed by atoms with E-state index in [1.54, 1.807) is 19.9 Å². The zero-order valence-electron chi connectivity index (χ0n) is 8.75. The van der Waals surface area contributed by atoms with Gasteiger partial charge in [-0.2, -0.15) is 0 Å². The van der Waals surface area contributed by atoms with E-state index in [1.807, 2.05) is 0 Å². The Kier molecular flexibility index (Phi) is 3.42. The molecular weight excluding hydrogens is 197 g/mol. The zero-order valence-corrected chi connectivity index (χ0v) is 8.75. The Balaban J connectivity index is 3.39. The van der Waals surface area contributed by atoms with Crippen molar-refractivity contribution in [2.45, 2.75) is 26.3 Å². The molecule has 0 saturated carbocycles. The molecule has 0 bridgehead atoms. The van der Waals surface area contributed by atoms with Crippen molar-refractivity contribution in [3.63, 3.8) is 0 Å². The van der Waals surface area contributed by atoms with Crippen molar-refractivity contribution in [2.24, 2.45) is 5.73 Å². The molecule has 15 heavy (non-hydrogen) atoms. The van der Waals surface area contributed by atoms with Crippen molar-refractivity contribution >= 4 is 5.97 Å². The summed E-state index contributed by atoms with van der Waals surface area (Å²) in [5, 5.41) is 8.74. The molecule has 0 radical (unpaired) electrons. The molecule has 0 fully saturated rings. The van der Waals surface area contributed by atoms with Crippen LogP contribution in [0.4, 0.5) is 4.39 Å². The molecule has 0 aliphatic heterocycles. The third-order valence-corrected chi connectivity index (χ3v) is 2.35. The first-order valence-electron chi connectivity index (χ1n) is 4.79. The van der Waals surface area contributed by atoms with Crippen molar-refractivity contribution in [2.75, 3.05) is 0 Å². The van der Waals surface area contributed by atoms with Crippen LogP contribution >= 0.6 is 0 Å². The van der Waals surface area contributed by atoms with Gasteiger partial charge in [0.05, 0.1) is 5.56 Å². The second kappa shape index (κ2) is 4.40. The van der Waals surface area contributed by atoms with E-state index in [0.717, 1.165) is 0 Å². The van der Waals surface area contributed by atoms with Crippen LogP contribution < -0.4 is 5.73 Å². The molecule has 4 heteroatoms. The number of rotatable bonds is 3. The highest BCUT2D eigenvalue weighted by atomic mass is 19.1. The van der Waals surface area contributed by atoms with Gasteiger partial charge in [-0.05, 0) is 30.5 Å². The maximum Gasteiger partial charge on any atom is 0.338 e. The lowest BCUT2D eigenvalue weighted by atomic mass is 9.96. The number of carboxylic acids is 1. The average Bonchev–Trinajstić information content (AvgIpc) is 2.16. The summed E-state index contributed by atoms with van der Waals surface area (Å²) in [7, 11) is 0. The summed E-state index contributed by atoms with van der Waals surface area (Å²) < 4.78 is 13.7. The highest BCUT2D eigenvalue weighted by Crippen LogP contribution is 2.22. The van der Waals surface area contributed by atoms with Crippen molar-refractivity contribution in [1.82, 2.24) is 0 Å². The fourth-order valence-corrected chi connectivity index (χ4v) is 1.59. The minimum absolute atomic E-state index is 0.294. The van der Waals surface area contributed by atoms with Crippen molar-refractivity contribution in [3.05, 3.63) is 34.6 Å². The predicted molar refractivity (Wildman–Crippen MR) is 55.3 cm³/mol. The number of hydrogen-bond acceptors (Lipinski definition) is 2. The third-order valence-electron chi connectivity index (χ3n) is 2.35. The molecule has 0 aliphatic rings. The van der Waals surface area contributed by atoms with Gasteiger partial charge in [0.15, 0.2) is 0 Å². The number of carbonyl (C=O) groups is 1. The van der Waals surface area contributed by atoms with Crippen molar-refractivity contribution in [1.29, 1.82) is 0 Å². The Morgan fingerprint density at radius 2 is 2.20 bits per heavy atom. The third kappa shape index (κ3) is 2.15. The van der Waals surface area contributed by atoms with Gasteiger partial charge in [-0.15, -0.1) is 0 Å². The van der Waals surface area contributed by atoms with E-state index >= 15 is 0 Å². The Hall–Kier alpha value is -1.42. The summed E-state index contributed by atoms with van der Waals surface area (Å²) in [6, 6.07) is 2.54. The number of nitrogens with two attached hydrogens (primary N) is 1. The summed E-state index contributed by atoms with van der Waals surface area (Å²) in [5.74, 6) is -1.92. The van der Waals surface area contributed by atoms with Crippen LogP contribution in [0.5, 0.6) is 0 Å². The van der Waals surface area contributed by atoms with Crippen LogP contribution in [0.1, 0.15) is 41.4 Å². The SMILES string of the molecule is CCc1c(C(C)N)ccc(C(=O)O)c1F. The summed E-state index contributed by atoms with van der Waals surface area (Å²) in [4.78, 5) is 10.7. The molecule has 0 aliphatic carbocycles. The molecule has 0 amide bonds. The molecule has 3 nitrogen and oxygen atoms in total. The van der Waals surface area contributed by atoms with Gasteiger partial charge < -0.3 is 10.8 Å². The molecule has 0 aromatic heterocycles. The maximum atomic E-state index is 13.7. The maximum absolute atomic E-state index is 13.7. The van der Waals surface area contributed by atoms with Crippen LogP contribution in [-0.4, -0.2) is 11.1 Å². The molecule has 0 spiro atoms. The molecule has 1 aromatic rings. The Bertz CT molecular complexity index is 388. The molecule has 0 saturated heterocycles. The molecule has 1 unspecified atom stereocenters. The summed E-state index contributed by atoms with van der Waals surface area (Å²) in [6.07, 6.45) is 0.434. The van der Waals surface area contributed by atoms with Gasteiger partial charge in [0.2, 0.25) is 0 Å². The second-order valence-corrected chi connectivity index (χ2v) is 3.44. The fraction of sp³-hybridized carbons (Fsp3) is 0.364. The number of hydrogen-bond donors (Lipinski definition) is 2. The van der Waals surface area contributed by atoms with Crippen molar-refractivity contribution < 1.29 is 14.3 Å². The van der Waals surface area contributed by atoms with Gasteiger partial charge in [-0.25, -0.2) is 9.18 Å². The van der Waals surface area contributed by atoms with E-state index in [2.05, 4.69) is 0 Å². The fourth-order valence-electron chi connectivity index (χ4n) is 1.59. The molecule has 0 heterocycles. The predicted octanol–water partition coefficient (Wildman–Crippen LogP) is 2.11. The molecule has 1 rings (SSSR count). The topological polar surface area (TPSA) is 63.3 Å². The van der Waals surface area contributed by atoms with Crippen LogP contribution in [-0.2, 0) is 6.42 Å². The Morgan fingerprint density at radius 1 is 1.60 bits per heavy atom. The van der Waals surface area contributed by atoms with E-state index in [9.17, 15) is 9.18 Å². The number of carboxylic acid groups (broad SMARTS) is 1. The lowest BCUT2D eigenvalue weighted by molar-refractivity contribution is 0.0691. The highest BCUT2D eigenvalue weighted by molar-refractivity contribution is 5.88. The first-order chi connectivity index (χ1) is 6.99. The van der Waals surface area contributed by atoms with Crippen LogP contribution in [0.15, 0.2) is 12.1 Å². The largest absolute Gasteiger partial charge is 0.478 e. The number of halogens is 1. The summed E-state index contributed by atoms with van der Waals surface area (Å²) in [6.45, 7) is 3.52. The van der Waals surface area contributed by atoms with Crippen molar-refractivity contribution in [3.8, 4) is 0 Å². The Morgan fingerprint density at radius 3 is 2.60 bits per heavy atom. The summed E-state index contributed by atoms with van der Waals surface area (Å²) in [5.41, 5.74) is 6.44. The smallest absolute Gasteiger partial charge is 0.338 e. The van der Waals surface area contributed by atoms with Gasteiger partial charge in [-0.1, -0.05) is 13.0 Å². The van der Waals surface area contributed by atoms with Gasteiger partial charge >= 0.3 is 5.97 Å². The average molecular weight is 211 g/mol. The lowest BCUT2D eigenvalue weighted by Crippen LogP contribution is -2.12. The zero-order chi connectivity index (χ0) is 11.6. The quantitative estimate of drug-likeness (QED) is 0.804. The van der Waals surface area contributed by atoms with Gasteiger partial charge in [0, 0.05) is 6.04 Å². The standard InChI is InChI=1S/C11H14FNO2/c1-3-7-8(6(2)13)4-5-9(10(7)12)11(14)15/h4-6H,3,13H2,1-2H3,(H,14,15).